The van der Waals surface area contributed by atoms with Gasteiger partial charge in [-0.15, -0.1) is 0 Å². The van der Waals surface area contributed by atoms with Gasteiger partial charge in [-0.2, -0.15) is 0 Å². The molecule has 0 radical (unpaired) electrons. The van der Waals surface area contributed by atoms with Gasteiger partial charge < -0.3 is 10.6 Å². The van der Waals surface area contributed by atoms with Gasteiger partial charge in [0.15, 0.2) is 0 Å². The largest absolute Gasteiger partial charge is 0.351 e. The van der Waals surface area contributed by atoms with Crippen LogP contribution in [0.1, 0.15) is 40.0 Å². The Kier molecular flexibility index (Phi) is 3.73. The Hall–Kier alpha value is -0.610. The minimum Gasteiger partial charge on any atom is -0.351 e. The van der Waals surface area contributed by atoms with Crippen LogP contribution in [0.4, 0.5) is 0 Å². The zero-order valence-electron chi connectivity index (χ0n) is 11.3. The van der Waals surface area contributed by atoms with Gasteiger partial charge >= 0.3 is 0 Å². The molecule has 2 rings (SSSR count). The summed E-state index contributed by atoms with van der Waals surface area (Å²) in [6, 6.07) is 0.986. The molecule has 2 heterocycles. The van der Waals surface area contributed by atoms with Crippen molar-refractivity contribution in [1.82, 2.24) is 15.5 Å². The second kappa shape index (κ2) is 4.94. The van der Waals surface area contributed by atoms with Crippen molar-refractivity contribution in [3.63, 3.8) is 0 Å². The average molecular weight is 239 g/mol. The van der Waals surface area contributed by atoms with E-state index in [0.717, 1.165) is 13.0 Å². The van der Waals surface area contributed by atoms with Crippen molar-refractivity contribution in [2.45, 2.75) is 57.7 Å². The first kappa shape index (κ1) is 12.8. The van der Waals surface area contributed by atoms with Crippen LogP contribution in [0.5, 0.6) is 0 Å². The summed E-state index contributed by atoms with van der Waals surface area (Å²) in [7, 11) is 0. The summed E-state index contributed by atoms with van der Waals surface area (Å²) in [6.45, 7) is 9.03. The van der Waals surface area contributed by atoms with Crippen molar-refractivity contribution in [1.29, 1.82) is 0 Å². The molecule has 2 fully saturated rings. The molecule has 0 bridgehead atoms. The summed E-state index contributed by atoms with van der Waals surface area (Å²) >= 11 is 0. The number of hydrogen-bond acceptors (Lipinski definition) is 3. The van der Waals surface area contributed by atoms with Crippen molar-refractivity contribution < 1.29 is 4.79 Å². The third-order valence-corrected chi connectivity index (χ3v) is 3.73. The van der Waals surface area contributed by atoms with Crippen LogP contribution < -0.4 is 10.6 Å². The Balaban J connectivity index is 1.75. The fourth-order valence-corrected chi connectivity index (χ4v) is 2.85. The van der Waals surface area contributed by atoms with Crippen LogP contribution in [0.25, 0.3) is 0 Å². The highest BCUT2D eigenvalue weighted by atomic mass is 16.2. The number of carbonyl (C=O) groups excluding carboxylic acids is 1. The van der Waals surface area contributed by atoms with E-state index in [9.17, 15) is 4.79 Å². The molecule has 17 heavy (non-hydrogen) atoms. The number of nitrogens with zero attached hydrogens (tertiary/aromatic N) is 1. The van der Waals surface area contributed by atoms with Crippen LogP contribution in [-0.4, -0.2) is 48.1 Å². The standard InChI is InChI=1S/C13H25N3O/c1-13(2,3)14-9-12(17)15-10-6-8-16-7-4-5-11(10)16/h10-11,14H,4-9H2,1-3H3,(H,15,17). The maximum absolute atomic E-state index is 11.8. The summed E-state index contributed by atoms with van der Waals surface area (Å²) in [4.78, 5) is 14.4. The van der Waals surface area contributed by atoms with Gasteiger partial charge in [0.2, 0.25) is 5.91 Å². The lowest BCUT2D eigenvalue weighted by Crippen LogP contribution is -2.48. The van der Waals surface area contributed by atoms with E-state index in [1.54, 1.807) is 0 Å². The summed E-state index contributed by atoms with van der Waals surface area (Å²) in [6.07, 6.45) is 3.65. The third-order valence-electron chi connectivity index (χ3n) is 3.73. The average Bonchev–Trinajstić information content (AvgIpc) is 2.79. The smallest absolute Gasteiger partial charge is 0.234 e. The maximum Gasteiger partial charge on any atom is 0.234 e. The molecule has 2 aliphatic rings. The Morgan fingerprint density at radius 2 is 2.06 bits per heavy atom. The highest BCUT2D eigenvalue weighted by Gasteiger charge is 2.37. The van der Waals surface area contributed by atoms with E-state index in [4.69, 9.17) is 0 Å². The van der Waals surface area contributed by atoms with E-state index in [-0.39, 0.29) is 11.4 Å². The first-order valence-corrected chi connectivity index (χ1v) is 6.74. The first-order valence-electron chi connectivity index (χ1n) is 6.74. The van der Waals surface area contributed by atoms with Crippen LogP contribution in [0, 0.1) is 0 Å². The number of hydrogen-bond donors (Lipinski definition) is 2. The van der Waals surface area contributed by atoms with Crippen molar-refractivity contribution in [3.05, 3.63) is 0 Å². The van der Waals surface area contributed by atoms with Crippen molar-refractivity contribution >= 4 is 5.91 Å². The second-order valence-electron chi connectivity index (χ2n) is 6.31. The number of rotatable bonds is 3. The summed E-state index contributed by atoms with van der Waals surface area (Å²) in [5.41, 5.74) is 0.00636. The monoisotopic (exact) mass is 239 g/mol. The van der Waals surface area contributed by atoms with Crippen LogP contribution in [0.15, 0.2) is 0 Å². The Morgan fingerprint density at radius 3 is 2.76 bits per heavy atom. The van der Waals surface area contributed by atoms with E-state index in [1.807, 2.05) is 0 Å². The quantitative estimate of drug-likeness (QED) is 0.763. The van der Waals surface area contributed by atoms with Gasteiger partial charge in [-0.3, -0.25) is 9.69 Å². The molecule has 0 saturated carbocycles. The molecule has 0 aromatic rings. The number of fused-ring (bicyclic) bond motifs is 1. The second-order valence-corrected chi connectivity index (χ2v) is 6.31. The zero-order valence-corrected chi connectivity index (χ0v) is 11.3. The molecule has 98 valence electrons. The van der Waals surface area contributed by atoms with Gasteiger partial charge in [-0.1, -0.05) is 0 Å². The molecule has 0 aromatic carbocycles. The minimum atomic E-state index is 0.00636. The third kappa shape index (κ3) is 3.42. The topological polar surface area (TPSA) is 44.4 Å². The van der Waals surface area contributed by atoms with E-state index >= 15 is 0 Å². The molecular formula is C13H25N3O. The summed E-state index contributed by atoms with van der Waals surface area (Å²) in [5.74, 6) is 0.138. The Morgan fingerprint density at radius 1 is 1.29 bits per heavy atom. The van der Waals surface area contributed by atoms with Crippen LogP contribution in [-0.2, 0) is 4.79 Å². The van der Waals surface area contributed by atoms with E-state index in [2.05, 4.69) is 36.3 Å². The predicted octanol–water partition coefficient (Wildman–Crippen LogP) is 0.727. The Bertz CT molecular complexity index is 285. The molecule has 1 amide bonds. The van der Waals surface area contributed by atoms with Crippen LogP contribution in [0.3, 0.4) is 0 Å². The normalized spacial score (nSPS) is 29.4. The van der Waals surface area contributed by atoms with Crippen molar-refractivity contribution in [3.8, 4) is 0 Å². The molecule has 2 aliphatic heterocycles. The lowest BCUT2D eigenvalue weighted by atomic mass is 10.1. The summed E-state index contributed by atoms with van der Waals surface area (Å²) in [5, 5.41) is 6.41. The SMILES string of the molecule is CC(C)(C)NCC(=O)NC1CCN2CCCC12. The van der Waals surface area contributed by atoms with Crippen LogP contribution >= 0.6 is 0 Å². The fraction of sp³-hybridized carbons (Fsp3) is 0.923. The lowest BCUT2D eigenvalue weighted by Gasteiger charge is -2.23. The highest BCUT2D eigenvalue weighted by Crippen LogP contribution is 2.27. The van der Waals surface area contributed by atoms with Crippen molar-refractivity contribution in [2.75, 3.05) is 19.6 Å². The molecule has 2 saturated heterocycles. The number of nitrogens with one attached hydrogen (secondary N) is 2. The van der Waals surface area contributed by atoms with Gasteiger partial charge in [-0.05, 0) is 46.6 Å². The molecule has 2 atom stereocenters. The van der Waals surface area contributed by atoms with Gasteiger partial charge in [0.05, 0.1) is 6.54 Å². The van der Waals surface area contributed by atoms with Crippen molar-refractivity contribution in [2.24, 2.45) is 0 Å². The molecular weight excluding hydrogens is 214 g/mol. The summed E-state index contributed by atoms with van der Waals surface area (Å²) < 4.78 is 0. The molecule has 2 N–H and O–H groups in total. The first-order chi connectivity index (χ1) is 7.96. The van der Waals surface area contributed by atoms with Gasteiger partial charge in [0, 0.05) is 24.2 Å². The molecule has 4 nitrogen and oxygen atoms in total. The highest BCUT2D eigenvalue weighted by molar-refractivity contribution is 5.78. The van der Waals surface area contributed by atoms with E-state index < -0.39 is 0 Å². The predicted molar refractivity (Wildman–Crippen MR) is 68.9 cm³/mol. The molecule has 4 heteroatoms. The maximum atomic E-state index is 11.8. The molecule has 0 aliphatic carbocycles. The molecule has 0 spiro atoms. The van der Waals surface area contributed by atoms with E-state index in [1.165, 1.54) is 19.4 Å². The zero-order chi connectivity index (χ0) is 12.5. The molecule has 2 unspecified atom stereocenters. The lowest BCUT2D eigenvalue weighted by molar-refractivity contribution is -0.121. The fourth-order valence-electron chi connectivity index (χ4n) is 2.85. The van der Waals surface area contributed by atoms with Gasteiger partial charge in [-0.25, -0.2) is 0 Å². The molecule has 0 aromatic heterocycles. The van der Waals surface area contributed by atoms with E-state index in [0.29, 0.717) is 18.6 Å². The van der Waals surface area contributed by atoms with Crippen LogP contribution in [0.2, 0.25) is 0 Å². The minimum absolute atomic E-state index is 0.00636. The Labute approximate surface area is 104 Å². The van der Waals surface area contributed by atoms with Gasteiger partial charge in [0.1, 0.15) is 0 Å². The van der Waals surface area contributed by atoms with Gasteiger partial charge in [0.25, 0.3) is 0 Å². The number of carbonyl (C=O) groups is 1. The number of amides is 1.